The lowest BCUT2D eigenvalue weighted by Gasteiger charge is -2.33. The first-order valence-electron chi connectivity index (χ1n) is 7.04. The molecule has 1 fully saturated rings. The highest BCUT2D eigenvalue weighted by Crippen LogP contribution is 2.24. The smallest absolute Gasteiger partial charge is 0.257 e. The van der Waals surface area contributed by atoms with Gasteiger partial charge in [0.2, 0.25) is 10.0 Å². The van der Waals surface area contributed by atoms with Crippen LogP contribution in [0.15, 0.2) is 23.1 Å². The van der Waals surface area contributed by atoms with Gasteiger partial charge in [0.1, 0.15) is 5.75 Å². The van der Waals surface area contributed by atoms with Crippen LogP contribution in [0.4, 0.5) is 0 Å². The molecule has 7 nitrogen and oxygen atoms in total. The van der Waals surface area contributed by atoms with E-state index in [-0.39, 0.29) is 34.8 Å². The summed E-state index contributed by atoms with van der Waals surface area (Å²) in [6.07, 6.45) is 1.91. The number of hydrogen-bond acceptors (Lipinski definition) is 5. The lowest BCUT2D eigenvalue weighted by molar-refractivity contribution is 0.0694. The predicted molar refractivity (Wildman–Crippen MR) is 89.6 cm³/mol. The van der Waals surface area contributed by atoms with E-state index >= 15 is 0 Å². The fraction of sp³-hybridized carbons (Fsp3) is 0.500. The molecule has 0 saturated carbocycles. The van der Waals surface area contributed by atoms with Crippen LogP contribution in [-0.4, -0.2) is 52.5 Å². The number of carbonyl (C=O) groups excluding carboxylic acids is 1. The highest BCUT2D eigenvalue weighted by Gasteiger charge is 2.26. The van der Waals surface area contributed by atoms with Gasteiger partial charge in [0.15, 0.2) is 0 Å². The number of hydrogen-bond donors (Lipinski definition) is 2. The number of amides is 1. The molecule has 0 spiro atoms. The first kappa shape index (κ1) is 19.7. The van der Waals surface area contributed by atoms with Gasteiger partial charge in [-0.25, -0.2) is 13.6 Å². The molecule has 1 aliphatic rings. The van der Waals surface area contributed by atoms with Crippen molar-refractivity contribution in [2.75, 3.05) is 27.2 Å². The number of ether oxygens (including phenoxy) is 1. The number of benzene rings is 1. The van der Waals surface area contributed by atoms with E-state index in [1.54, 1.807) is 4.90 Å². The Labute approximate surface area is 142 Å². The van der Waals surface area contributed by atoms with E-state index in [2.05, 4.69) is 5.32 Å². The van der Waals surface area contributed by atoms with Crippen molar-refractivity contribution < 1.29 is 17.9 Å². The zero-order valence-corrected chi connectivity index (χ0v) is 14.7. The van der Waals surface area contributed by atoms with Gasteiger partial charge < -0.3 is 15.0 Å². The quantitative estimate of drug-likeness (QED) is 0.815. The van der Waals surface area contributed by atoms with Crippen molar-refractivity contribution in [3.05, 3.63) is 23.8 Å². The van der Waals surface area contributed by atoms with Crippen LogP contribution in [0, 0.1) is 0 Å². The van der Waals surface area contributed by atoms with E-state index in [1.807, 2.05) is 7.05 Å². The summed E-state index contributed by atoms with van der Waals surface area (Å²) in [5.74, 6) is 0.0891. The van der Waals surface area contributed by atoms with Crippen LogP contribution in [0.1, 0.15) is 23.2 Å². The standard InChI is InChI=1S/C14H21N3O4S.ClH/c1-16-10-4-3-7-17(9-10)14(18)12-8-11(22(15,19)20)5-6-13(12)21-2;/h5-6,8,10,16H,3-4,7,9H2,1-2H3,(H2,15,19,20);1H. The Morgan fingerprint density at radius 1 is 1.43 bits per heavy atom. The summed E-state index contributed by atoms with van der Waals surface area (Å²) < 4.78 is 28.1. The molecule has 1 unspecified atom stereocenters. The number of likely N-dealkylation sites (N-methyl/N-ethyl adjacent to an activating group) is 1. The summed E-state index contributed by atoms with van der Waals surface area (Å²) in [6.45, 7) is 1.22. The van der Waals surface area contributed by atoms with Gasteiger partial charge in [-0.3, -0.25) is 4.79 Å². The summed E-state index contributed by atoms with van der Waals surface area (Å²) >= 11 is 0. The van der Waals surface area contributed by atoms with Crippen molar-refractivity contribution in [3.8, 4) is 5.75 Å². The molecule has 1 atom stereocenters. The summed E-state index contributed by atoms with van der Waals surface area (Å²) in [6, 6.07) is 4.30. The topological polar surface area (TPSA) is 102 Å². The van der Waals surface area contributed by atoms with E-state index < -0.39 is 10.0 Å². The summed E-state index contributed by atoms with van der Waals surface area (Å²) in [5.41, 5.74) is 0.214. The molecule has 9 heteroatoms. The lowest BCUT2D eigenvalue weighted by Crippen LogP contribution is -2.47. The van der Waals surface area contributed by atoms with Crippen LogP contribution in [0.3, 0.4) is 0 Å². The zero-order valence-electron chi connectivity index (χ0n) is 13.1. The van der Waals surface area contributed by atoms with Crippen LogP contribution in [0.5, 0.6) is 5.75 Å². The highest BCUT2D eigenvalue weighted by atomic mass is 35.5. The normalized spacial score (nSPS) is 18.2. The fourth-order valence-corrected chi connectivity index (χ4v) is 3.14. The van der Waals surface area contributed by atoms with Crippen LogP contribution >= 0.6 is 12.4 Å². The highest BCUT2D eigenvalue weighted by molar-refractivity contribution is 7.89. The van der Waals surface area contributed by atoms with Gasteiger partial charge in [-0.2, -0.15) is 0 Å². The molecule has 0 bridgehead atoms. The number of nitrogens with two attached hydrogens (primary N) is 1. The van der Waals surface area contributed by atoms with Crippen molar-refractivity contribution in [2.24, 2.45) is 5.14 Å². The largest absolute Gasteiger partial charge is 0.496 e. The molecule has 0 aromatic heterocycles. The second kappa shape index (κ2) is 7.96. The molecule has 130 valence electrons. The second-order valence-corrected chi connectivity index (χ2v) is 6.85. The number of nitrogens with zero attached hydrogens (tertiary/aromatic N) is 1. The zero-order chi connectivity index (χ0) is 16.3. The average molecular weight is 364 g/mol. The molecular formula is C14H22ClN3O4S. The second-order valence-electron chi connectivity index (χ2n) is 5.29. The Balaban J connectivity index is 0.00000264. The Hall–Kier alpha value is -1.35. The molecule has 1 aliphatic heterocycles. The molecule has 1 heterocycles. The molecule has 2 rings (SSSR count). The van der Waals surface area contributed by atoms with E-state index in [9.17, 15) is 13.2 Å². The van der Waals surface area contributed by atoms with Crippen molar-refractivity contribution in [3.63, 3.8) is 0 Å². The monoisotopic (exact) mass is 363 g/mol. The number of carbonyl (C=O) groups is 1. The van der Waals surface area contributed by atoms with Gasteiger partial charge in [0.25, 0.3) is 5.91 Å². The number of rotatable bonds is 4. The van der Waals surface area contributed by atoms with E-state index in [0.717, 1.165) is 12.8 Å². The minimum Gasteiger partial charge on any atom is -0.496 e. The van der Waals surface area contributed by atoms with Crippen molar-refractivity contribution in [1.82, 2.24) is 10.2 Å². The molecule has 1 aromatic carbocycles. The van der Waals surface area contributed by atoms with Gasteiger partial charge in [-0.1, -0.05) is 0 Å². The number of halogens is 1. The van der Waals surface area contributed by atoms with Gasteiger partial charge in [0.05, 0.1) is 17.6 Å². The fourth-order valence-electron chi connectivity index (χ4n) is 2.60. The van der Waals surface area contributed by atoms with Crippen molar-refractivity contribution >= 4 is 28.3 Å². The van der Waals surface area contributed by atoms with Crippen LogP contribution in [0.25, 0.3) is 0 Å². The summed E-state index contributed by atoms with van der Waals surface area (Å²) in [7, 11) is -0.567. The van der Waals surface area contributed by atoms with Gasteiger partial charge >= 0.3 is 0 Å². The van der Waals surface area contributed by atoms with Crippen molar-refractivity contribution in [2.45, 2.75) is 23.8 Å². The minimum atomic E-state index is -3.87. The third-order valence-electron chi connectivity index (χ3n) is 3.85. The number of nitrogens with one attached hydrogen (secondary N) is 1. The van der Waals surface area contributed by atoms with Gasteiger partial charge in [-0.05, 0) is 38.1 Å². The molecular weight excluding hydrogens is 342 g/mol. The Bertz CT molecular complexity index is 666. The number of piperidine rings is 1. The van der Waals surface area contributed by atoms with Crippen LogP contribution in [-0.2, 0) is 10.0 Å². The van der Waals surface area contributed by atoms with Crippen LogP contribution < -0.4 is 15.2 Å². The molecule has 0 radical (unpaired) electrons. The molecule has 0 aliphatic carbocycles. The Morgan fingerprint density at radius 3 is 2.70 bits per heavy atom. The van der Waals surface area contributed by atoms with Crippen LogP contribution in [0.2, 0.25) is 0 Å². The third-order valence-corrected chi connectivity index (χ3v) is 4.76. The van der Waals surface area contributed by atoms with E-state index in [1.165, 1.54) is 25.3 Å². The first-order valence-corrected chi connectivity index (χ1v) is 8.59. The number of primary sulfonamides is 1. The van der Waals surface area contributed by atoms with E-state index in [0.29, 0.717) is 18.8 Å². The number of likely N-dealkylation sites (tertiary alicyclic amines) is 1. The maximum absolute atomic E-state index is 12.7. The maximum atomic E-state index is 12.7. The molecule has 1 amide bonds. The summed E-state index contributed by atoms with van der Waals surface area (Å²) in [5, 5.41) is 8.30. The Morgan fingerprint density at radius 2 is 2.13 bits per heavy atom. The molecule has 1 saturated heterocycles. The average Bonchev–Trinajstić information content (AvgIpc) is 2.52. The third kappa shape index (κ3) is 4.57. The lowest BCUT2D eigenvalue weighted by atomic mass is 10.0. The van der Waals surface area contributed by atoms with Gasteiger partial charge in [-0.15, -0.1) is 12.4 Å². The number of sulfonamides is 1. The number of methoxy groups -OCH3 is 1. The van der Waals surface area contributed by atoms with Gasteiger partial charge in [0, 0.05) is 19.1 Å². The SMILES string of the molecule is CNC1CCCN(C(=O)c2cc(S(N)(=O)=O)ccc2OC)C1.Cl. The molecule has 1 aromatic rings. The predicted octanol–water partition coefficient (Wildman–Crippen LogP) is 0.588. The molecule has 23 heavy (non-hydrogen) atoms. The molecule has 3 N–H and O–H groups in total. The maximum Gasteiger partial charge on any atom is 0.257 e. The summed E-state index contributed by atoms with van der Waals surface area (Å²) in [4.78, 5) is 14.3. The minimum absolute atomic E-state index is 0. The Kier molecular flexibility index (Phi) is 6.82. The first-order chi connectivity index (χ1) is 10.4. The van der Waals surface area contributed by atoms with E-state index in [4.69, 9.17) is 9.88 Å². The van der Waals surface area contributed by atoms with Crippen molar-refractivity contribution in [1.29, 1.82) is 0 Å².